The van der Waals surface area contributed by atoms with Crippen LogP contribution >= 0.6 is 11.6 Å². The number of carbonyl (C=O) groups is 1. The Morgan fingerprint density at radius 1 is 1.04 bits per heavy atom. The maximum Gasteiger partial charge on any atom is 0.259 e. The molecule has 0 aliphatic carbocycles. The molecule has 0 atom stereocenters. The van der Waals surface area contributed by atoms with Crippen molar-refractivity contribution in [3.8, 4) is 0 Å². The zero-order chi connectivity index (χ0) is 17.6. The zero-order valence-electron chi connectivity index (χ0n) is 13.8. The molecule has 3 rings (SSSR count). The Hall–Kier alpha value is -2.85. The first-order chi connectivity index (χ1) is 12.1. The van der Waals surface area contributed by atoms with E-state index in [0.29, 0.717) is 22.9 Å². The molecule has 0 saturated carbocycles. The van der Waals surface area contributed by atoms with E-state index in [0.717, 1.165) is 11.3 Å². The predicted octanol–water partition coefficient (Wildman–Crippen LogP) is 4.62. The summed E-state index contributed by atoms with van der Waals surface area (Å²) in [5.74, 6) is 0.593. The molecule has 126 valence electrons. The van der Waals surface area contributed by atoms with E-state index in [2.05, 4.69) is 10.3 Å². The minimum atomic E-state index is -0.101. The van der Waals surface area contributed by atoms with Crippen LogP contribution in [0.1, 0.15) is 15.9 Å². The van der Waals surface area contributed by atoms with Crippen molar-refractivity contribution >= 4 is 29.0 Å². The summed E-state index contributed by atoms with van der Waals surface area (Å²) in [7, 11) is 1.75. The number of carbonyl (C=O) groups excluding carboxylic acids is 1. The summed E-state index contributed by atoms with van der Waals surface area (Å²) in [5.41, 5.74) is 2.37. The topological polar surface area (TPSA) is 45.2 Å². The number of amides is 1. The third-order valence-corrected chi connectivity index (χ3v) is 4.25. The van der Waals surface area contributed by atoms with Gasteiger partial charge in [-0.2, -0.15) is 0 Å². The third-order valence-electron chi connectivity index (χ3n) is 3.88. The lowest BCUT2D eigenvalue weighted by atomic mass is 10.2. The van der Waals surface area contributed by atoms with Crippen LogP contribution in [0.3, 0.4) is 0 Å². The first-order valence-electron chi connectivity index (χ1n) is 7.91. The molecule has 0 unspecified atom stereocenters. The molecule has 5 heteroatoms. The second kappa shape index (κ2) is 7.81. The van der Waals surface area contributed by atoms with Crippen LogP contribution in [0.2, 0.25) is 5.02 Å². The minimum absolute atomic E-state index is 0.101. The first-order valence-corrected chi connectivity index (χ1v) is 8.29. The number of nitrogens with one attached hydrogen (secondary N) is 1. The maximum absolute atomic E-state index is 12.5. The Morgan fingerprint density at radius 3 is 2.44 bits per heavy atom. The van der Waals surface area contributed by atoms with E-state index >= 15 is 0 Å². The number of aromatic nitrogens is 1. The highest BCUT2D eigenvalue weighted by Gasteiger charge is 2.13. The molecule has 25 heavy (non-hydrogen) atoms. The number of hydrogen-bond acceptors (Lipinski definition) is 3. The molecule has 4 nitrogen and oxygen atoms in total. The first kappa shape index (κ1) is 17.0. The smallest absolute Gasteiger partial charge is 0.259 e. The largest absolute Gasteiger partial charge is 0.366 e. The second-order valence-corrected chi connectivity index (χ2v) is 5.98. The Kier molecular flexibility index (Phi) is 5.31. The van der Waals surface area contributed by atoms with E-state index in [-0.39, 0.29) is 5.91 Å². The summed E-state index contributed by atoms with van der Waals surface area (Å²) >= 11 is 6.14. The highest BCUT2D eigenvalue weighted by Crippen LogP contribution is 2.18. The van der Waals surface area contributed by atoms with Gasteiger partial charge in [-0.25, -0.2) is 4.98 Å². The minimum Gasteiger partial charge on any atom is -0.366 e. The van der Waals surface area contributed by atoms with Gasteiger partial charge in [-0.3, -0.25) is 4.79 Å². The molecule has 0 radical (unpaired) electrons. The van der Waals surface area contributed by atoms with E-state index in [1.807, 2.05) is 54.6 Å². The summed E-state index contributed by atoms with van der Waals surface area (Å²) < 4.78 is 0. The molecule has 1 amide bonds. The van der Waals surface area contributed by atoms with Crippen molar-refractivity contribution < 1.29 is 4.79 Å². The number of anilines is 2. The van der Waals surface area contributed by atoms with Gasteiger partial charge in [0.15, 0.2) is 0 Å². The van der Waals surface area contributed by atoms with Crippen molar-refractivity contribution in [3.05, 3.63) is 89.1 Å². The van der Waals surface area contributed by atoms with Crippen LogP contribution in [0.25, 0.3) is 0 Å². The van der Waals surface area contributed by atoms with E-state index < -0.39 is 0 Å². The molecule has 1 aromatic heterocycles. The van der Waals surface area contributed by atoms with Crippen molar-refractivity contribution in [2.24, 2.45) is 0 Å². The van der Waals surface area contributed by atoms with Crippen molar-refractivity contribution in [3.63, 3.8) is 0 Å². The number of halogens is 1. The molecular weight excluding hydrogens is 334 g/mol. The van der Waals surface area contributed by atoms with Gasteiger partial charge in [0.2, 0.25) is 0 Å². The number of rotatable bonds is 5. The van der Waals surface area contributed by atoms with Gasteiger partial charge in [0.05, 0.1) is 5.56 Å². The predicted molar refractivity (Wildman–Crippen MR) is 102 cm³/mol. The van der Waals surface area contributed by atoms with Gasteiger partial charge in [-0.1, -0.05) is 48.0 Å². The number of nitrogens with zero attached hydrogens (tertiary/aromatic N) is 2. The van der Waals surface area contributed by atoms with Crippen LogP contribution in [0, 0.1) is 0 Å². The average molecular weight is 352 g/mol. The molecular formula is C20H18ClN3O. The molecule has 2 aromatic carbocycles. The van der Waals surface area contributed by atoms with Crippen LogP contribution in [0.5, 0.6) is 0 Å². The monoisotopic (exact) mass is 351 g/mol. The number of para-hydroxylation sites is 1. The maximum atomic E-state index is 12.5. The summed E-state index contributed by atoms with van der Waals surface area (Å²) in [6.07, 6.45) is 1.58. The average Bonchev–Trinajstić information content (AvgIpc) is 2.67. The Balaban J connectivity index is 1.66. The van der Waals surface area contributed by atoms with Gasteiger partial charge in [0, 0.05) is 30.5 Å². The number of benzene rings is 2. The quantitative estimate of drug-likeness (QED) is 0.729. The zero-order valence-corrected chi connectivity index (χ0v) is 14.6. The fourth-order valence-corrected chi connectivity index (χ4v) is 2.62. The van der Waals surface area contributed by atoms with Crippen molar-refractivity contribution in [2.75, 3.05) is 17.3 Å². The van der Waals surface area contributed by atoms with Crippen molar-refractivity contribution in [2.45, 2.75) is 6.54 Å². The lowest BCUT2D eigenvalue weighted by molar-refractivity contribution is 0.0992. The van der Waals surface area contributed by atoms with E-state index in [1.165, 1.54) is 0 Å². The van der Waals surface area contributed by atoms with Gasteiger partial charge >= 0.3 is 0 Å². The molecule has 0 saturated heterocycles. The number of pyridine rings is 1. The van der Waals surface area contributed by atoms with Gasteiger partial charge in [-0.05, 0) is 35.9 Å². The van der Waals surface area contributed by atoms with Crippen LogP contribution < -0.4 is 10.2 Å². The molecule has 0 fully saturated rings. The molecule has 1 N–H and O–H groups in total. The van der Waals surface area contributed by atoms with Gasteiger partial charge < -0.3 is 10.2 Å². The highest BCUT2D eigenvalue weighted by atomic mass is 35.5. The fourth-order valence-electron chi connectivity index (χ4n) is 2.41. The highest BCUT2D eigenvalue weighted by molar-refractivity contribution is 6.31. The standard InChI is InChI=1S/C20H18ClN3O/c1-24(17-8-3-2-4-9-17)20(25)16-11-12-19(23-14-16)22-13-15-7-5-6-10-18(15)21/h2-12,14H,13H2,1H3,(H,22,23). The Bertz CT molecular complexity index is 850. The third kappa shape index (κ3) is 4.17. The van der Waals surface area contributed by atoms with Gasteiger partial charge in [-0.15, -0.1) is 0 Å². The molecule has 1 heterocycles. The molecule has 0 aliphatic heterocycles. The van der Waals surface area contributed by atoms with Crippen LogP contribution in [-0.4, -0.2) is 17.9 Å². The number of hydrogen-bond donors (Lipinski definition) is 1. The second-order valence-electron chi connectivity index (χ2n) is 5.58. The fraction of sp³-hybridized carbons (Fsp3) is 0.100. The van der Waals surface area contributed by atoms with Gasteiger partial charge in [0.1, 0.15) is 5.82 Å². The lowest BCUT2D eigenvalue weighted by Gasteiger charge is -2.17. The summed E-state index contributed by atoms with van der Waals surface area (Å²) in [6.45, 7) is 0.573. The summed E-state index contributed by atoms with van der Waals surface area (Å²) in [5, 5.41) is 3.92. The van der Waals surface area contributed by atoms with Crippen molar-refractivity contribution in [1.82, 2.24) is 4.98 Å². The SMILES string of the molecule is CN(C(=O)c1ccc(NCc2ccccc2Cl)nc1)c1ccccc1. The Labute approximate surface area is 152 Å². The lowest BCUT2D eigenvalue weighted by Crippen LogP contribution is -2.26. The van der Waals surface area contributed by atoms with E-state index in [4.69, 9.17) is 11.6 Å². The normalized spacial score (nSPS) is 10.3. The van der Waals surface area contributed by atoms with Crippen molar-refractivity contribution in [1.29, 1.82) is 0 Å². The van der Waals surface area contributed by atoms with Crippen LogP contribution in [0.15, 0.2) is 72.9 Å². The molecule has 0 spiro atoms. The van der Waals surface area contributed by atoms with Crippen LogP contribution in [0.4, 0.5) is 11.5 Å². The summed E-state index contributed by atoms with van der Waals surface area (Å²) in [6, 6.07) is 20.7. The Morgan fingerprint density at radius 2 is 1.76 bits per heavy atom. The van der Waals surface area contributed by atoms with Gasteiger partial charge in [0.25, 0.3) is 5.91 Å². The molecule has 0 aliphatic rings. The summed E-state index contributed by atoms with van der Waals surface area (Å²) in [4.78, 5) is 18.5. The van der Waals surface area contributed by atoms with Crippen LogP contribution in [-0.2, 0) is 6.54 Å². The van der Waals surface area contributed by atoms with E-state index in [9.17, 15) is 4.79 Å². The molecule has 3 aromatic rings. The van der Waals surface area contributed by atoms with E-state index in [1.54, 1.807) is 30.3 Å². The molecule has 0 bridgehead atoms.